The van der Waals surface area contributed by atoms with Crippen molar-refractivity contribution in [3.8, 4) is 5.75 Å². The smallest absolute Gasteiger partial charge is 0.336 e. The minimum Gasteiger partial charge on any atom is -0.444 e. The van der Waals surface area contributed by atoms with Crippen molar-refractivity contribution in [3.05, 3.63) is 39.2 Å². The van der Waals surface area contributed by atoms with Crippen molar-refractivity contribution < 1.29 is 14.1 Å². The van der Waals surface area contributed by atoms with Gasteiger partial charge in [-0.05, 0) is 25.0 Å². The normalized spacial score (nSPS) is 20.7. The van der Waals surface area contributed by atoms with E-state index >= 15 is 0 Å². The zero-order valence-electron chi connectivity index (χ0n) is 13.2. The molecule has 0 spiro atoms. The lowest BCUT2D eigenvalue weighted by Gasteiger charge is -2.27. The van der Waals surface area contributed by atoms with Crippen LogP contribution in [0.25, 0.3) is 11.0 Å². The van der Waals surface area contributed by atoms with Crippen LogP contribution in [0.3, 0.4) is 0 Å². The summed E-state index contributed by atoms with van der Waals surface area (Å²) in [6.07, 6.45) is 4.55. The van der Waals surface area contributed by atoms with Crippen LogP contribution in [-0.4, -0.2) is 12.8 Å². The molecule has 0 radical (unpaired) electrons. The second-order valence-electron chi connectivity index (χ2n) is 6.61. The van der Waals surface area contributed by atoms with Crippen LogP contribution in [0.15, 0.2) is 21.3 Å². The predicted octanol–water partition coefficient (Wildman–Crippen LogP) is 1.95. The highest BCUT2D eigenvalue weighted by Gasteiger charge is 2.37. The highest BCUT2D eigenvalue weighted by Crippen LogP contribution is 2.34. The molecule has 1 aromatic carbocycles. The van der Waals surface area contributed by atoms with Crippen LogP contribution in [0.1, 0.15) is 42.9 Å². The number of hydrogen-bond acceptors (Lipinski definition) is 3. The first-order valence-corrected chi connectivity index (χ1v) is 8.24. The van der Waals surface area contributed by atoms with Gasteiger partial charge in [0.1, 0.15) is 17.9 Å². The Balaban J connectivity index is 1.88. The van der Waals surface area contributed by atoms with Gasteiger partial charge in [-0.3, -0.25) is 4.90 Å². The van der Waals surface area contributed by atoms with Gasteiger partial charge in [0.2, 0.25) is 6.73 Å². The molecule has 116 valence electrons. The molecule has 1 unspecified atom stereocenters. The zero-order chi connectivity index (χ0) is 15.3. The van der Waals surface area contributed by atoms with Crippen molar-refractivity contribution in [2.45, 2.75) is 52.1 Å². The Morgan fingerprint density at radius 1 is 1.32 bits per heavy atom. The minimum atomic E-state index is -0.264. The third kappa shape index (κ3) is 2.22. The molecule has 2 heterocycles. The fraction of sp³-hybridized carbons (Fsp3) is 0.500. The van der Waals surface area contributed by atoms with E-state index in [0.29, 0.717) is 5.58 Å². The monoisotopic (exact) mass is 300 g/mol. The molecule has 4 heteroatoms. The standard InChI is InChI=1S/C18H21NO3/c1-3-4-12-8-16(20)22-18-11(2)17-13(7-15(12)18)9-19(10-21-17)14-5-6-14/h7-8,14H,3-6,9-10H2,1-2H3/p+1. The Labute approximate surface area is 129 Å². The number of fused-ring (bicyclic) bond motifs is 2. The van der Waals surface area contributed by atoms with Crippen molar-refractivity contribution in [2.24, 2.45) is 0 Å². The van der Waals surface area contributed by atoms with Gasteiger partial charge in [-0.25, -0.2) is 4.79 Å². The van der Waals surface area contributed by atoms with Gasteiger partial charge in [0.05, 0.1) is 6.04 Å². The summed E-state index contributed by atoms with van der Waals surface area (Å²) in [7, 11) is 0. The SMILES string of the molecule is CCCc1cc(=O)oc2c(C)c3c(cc12)C[NH+](C1CC1)CO3. The summed E-state index contributed by atoms with van der Waals surface area (Å²) in [6, 6.07) is 4.60. The van der Waals surface area contributed by atoms with Crippen LogP contribution in [0.2, 0.25) is 0 Å². The maximum atomic E-state index is 11.8. The highest BCUT2D eigenvalue weighted by molar-refractivity contribution is 5.86. The van der Waals surface area contributed by atoms with E-state index < -0.39 is 0 Å². The molecule has 1 fully saturated rings. The average molecular weight is 300 g/mol. The second kappa shape index (κ2) is 5.13. The quantitative estimate of drug-likeness (QED) is 0.881. The molecule has 0 amide bonds. The number of benzene rings is 1. The minimum absolute atomic E-state index is 0.264. The van der Waals surface area contributed by atoms with Gasteiger partial charge in [0.15, 0.2) is 0 Å². The summed E-state index contributed by atoms with van der Waals surface area (Å²) < 4.78 is 11.5. The van der Waals surface area contributed by atoms with Crippen molar-refractivity contribution in [2.75, 3.05) is 6.73 Å². The Hall–Kier alpha value is -1.81. The molecule has 1 atom stereocenters. The maximum absolute atomic E-state index is 11.8. The van der Waals surface area contributed by atoms with Gasteiger partial charge in [-0.15, -0.1) is 0 Å². The molecule has 0 bridgehead atoms. The Morgan fingerprint density at radius 2 is 2.14 bits per heavy atom. The summed E-state index contributed by atoms with van der Waals surface area (Å²) in [6.45, 7) is 5.88. The van der Waals surface area contributed by atoms with Gasteiger partial charge in [-0.2, -0.15) is 0 Å². The molecule has 0 saturated heterocycles. The van der Waals surface area contributed by atoms with E-state index in [9.17, 15) is 4.79 Å². The number of aryl methyl sites for hydroxylation is 2. The van der Waals surface area contributed by atoms with Crippen molar-refractivity contribution in [1.82, 2.24) is 0 Å². The summed E-state index contributed by atoms with van der Waals surface area (Å²) >= 11 is 0. The third-order valence-corrected chi connectivity index (χ3v) is 4.87. The fourth-order valence-electron chi connectivity index (χ4n) is 3.59. The van der Waals surface area contributed by atoms with Crippen LogP contribution in [0.4, 0.5) is 0 Å². The fourth-order valence-corrected chi connectivity index (χ4v) is 3.59. The zero-order valence-corrected chi connectivity index (χ0v) is 13.2. The summed E-state index contributed by atoms with van der Waals surface area (Å²) in [5.74, 6) is 0.925. The van der Waals surface area contributed by atoms with Crippen LogP contribution in [0, 0.1) is 6.92 Å². The van der Waals surface area contributed by atoms with E-state index in [4.69, 9.17) is 9.15 Å². The predicted molar refractivity (Wildman–Crippen MR) is 84.4 cm³/mol. The van der Waals surface area contributed by atoms with Gasteiger partial charge in [0.25, 0.3) is 0 Å². The number of rotatable bonds is 3. The lowest BCUT2D eigenvalue weighted by atomic mass is 9.98. The van der Waals surface area contributed by atoms with E-state index in [1.807, 2.05) is 6.92 Å². The number of ether oxygens (including phenoxy) is 1. The van der Waals surface area contributed by atoms with Gasteiger partial charge < -0.3 is 9.15 Å². The first-order valence-electron chi connectivity index (χ1n) is 8.24. The molecule has 1 aliphatic carbocycles. The molecule has 22 heavy (non-hydrogen) atoms. The van der Waals surface area contributed by atoms with Gasteiger partial charge in [0, 0.05) is 35.4 Å². The molecule has 1 N–H and O–H groups in total. The summed E-state index contributed by atoms with van der Waals surface area (Å²) in [5.41, 5.74) is 3.75. The second-order valence-corrected chi connectivity index (χ2v) is 6.61. The Bertz CT molecular complexity index is 789. The van der Waals surface area contributed by atoms with Crippen LogP contribution in [0.5, 0.6) is 5.75 Å². The van der Waals surface area contributed by atoms with E-state index in [0.717, 1.165) is 54.4 Å². The molecule has 1 saturated carbocycles. The highest BCUT2D eigenvalue weighted by atomic mass is 16.5. The number of hydrogen-bond donors (Lipinski definition) is 1. The molecule has 4 rings (SSSR count). The van der Waals surface area contributed by atoms with Gasteiger partial charge >= 0.3 is 5.63 Å². The molecule has 2 aliphatic rings. The molecular formula is C18H22NO3+. The average Bonchev–Trinajstić information content (AvgIpc) is 3.33. The maximum Gasteiger partial charge on any atom is 0.336 e. The molecule has 4 nitrogen and oxygen atoms in total. The summed E-state index contributed by atoms with van der Waals surface area (Å²) in [4.78, 5) is 13.4. The number of quaternary nitrogens is 1. The van der Waals surface area contributed by atoms with E-state index in [1.54, 1.807) is 6.07 Å². The topological polar surface area (TPSA) is 43.9 Å². The Kier molecular flexibility index (Phi) is 3.22. The Morgan fingerprint density at radius 3 is 2.86 bits per heavy atom. The first kappa shape index (κ1) is 13.8. The third-order valence-electron chi connectivity index (χ3n) is 4.87. The first-order chi connectivity index (χ1) is 10.7. The molecular weight excluding hydrogens is 278 g/mol. The van der Waals surface area contributed by atoms with Crippen molar-refractivity contribution in [1.29, 1.82) is 0 Å². The lowest BCUT2D eigenvalue weighted by molar-refractivity contribution is -0.943. The van der Waals surface area contributed by atoms with Gasteiger partial charge in [-0.1, -0.05) is 13.3 Å². The van der Waals surface area contributed by atoms with Crippen LogP contribution < -0.4 is 15.3 Å². The number of nitrogens with one attached hydrogen (secondary N) is 1. The van der Waals surface area contributed by atoms with Crippen LogP contribution in [-0.2, 0) is 13.0 Å². The van der Waals surface area contributed by atoms with E-state index in [1.165, 1.54) is 23.3 Å². The largest absolute Gasteiger partial charge is 0.444 e. The molecule has 1 aliphatic heterocycles. The summed E-state index contributed by atoms with van der Waals surface area (Å²) in [5, 5.41) is 1.08. The molecule has 2 aromatic rings. The molecule has 1 aromatic heterocycles. The van der Waals surface area contributed by atoms with E-state index in [2.05, 4.69) is 13.0 Å². The van der Waals surface area contributed by atoms with Crippen molar-refractivity contribution >= 4 is 11.0 Å². The lowest BCUT2D eigenvalue weighted by Crippen LogP contribution is -3.13. The van der Waals surface area contributed by atoms with Crippen LogP contribution >= 0.6 is 0 Å². The van der Waals surface area contributed by atoms with Crippen molar-refractivity contribution in [3.63, 3.8) is 0 Å². The van der Waals surface area contributed by atoms with E-state index in [-0.39, 0.29) is 5.63 Å².